The van der Waals surface area contributed by atoms with Crippen LogP contribution in [0.5, 0.6) is 0 Å². The van der Waals surface area contributed by atoms with Gasteiger partial charge in [0.2, 0.25) is 0 Å². The molecule has 0 bridgehead atoms. The second kappa shape index (κ2) is 4.50. The van der Waals surface area contributed by atoms with Gasteiger partial charge in [-0.1, -0.05) is 0 Å². The standard InChI is InChI=1S/C4H7O2.Ti/c1-4(6)2-3-5;/h2-3H2,1H3;/q-1;+1. The van der Waals surface area contributed by atoms with Crippen molar-refractivity contribution in [2.45, 2.75) is 13.3 Å². The van der Waals surface area contributed by atoms with Crippen molar-refractivity contribution in [1.82, 2.24) is 0 Å². The SMILES string of the molecule is CC(=O)CC[O][Ti]. The molecule has 0 aliphatic heterocycles. The van der Waals surface area contributed by atoms with Gasteiger partial charge in [-0.25, -0.2) is 0 Å². The van der Waals surface area contributed by atoms with Gasteiger partial charge >= 0.3 is 54.7 Å². The number of hydrogen-bond acceptors (Lipinski definition) is 2. The fourth-order valence-corrected chi connectivity index (χ4v) is 0.354. The zero-order valence-electron chi connectivity index (χ0n) is 4.23. The summed E-state index contributed by atoms with van der Waals surface area (Å²) in [6.07, 6.45) is 0.538. The van der Waals surface area contributed by atoms with Gasteiger partial charge in [-0.2, -0.15) is 0 Å². The van der Waals surface area contributed by atoms with E-state index in [1.54, 1.807) is 27.7 Å². The molecule has 3 heteroatoms. The summed E-state index contributed by atoms with van der Waals surface area (Å²) in [6, 6.07) is 0. The molecule has 0 fully saturated rings. The van der Waals surface area contributed by atoms with E-state index in [9.17, 15) is 4.79 Å². The Morgan fingerprint density at radius 1 is 1.86 bits per heavy atom. The van der Waals surface area contributed by atoms with Crippen LogP contribution in [-0.4, -0.2) is 12.4 Å². The summed E-state index contributed by atoms with van der Waals surface area (Å²) in [5.74, 6) is 0.182. The third-order valence-corrected chi connectivity index (χ3v) is 0.875. The van der Waals surface area contributed by atoms with Crippen LogP contribution in [0.2, 0.25) is 0 Å². The molecule has 0 atom stereocenters. The fourth-order valence-electron chi connectivity index (χ4n) is 0.195. The molecule has 0 radical (unpaired) electrons. The van der Waals surface area contributed by atoms with Crippen LogP contribution in [0.25, 0.3) is 0 Å². The third kappa shape index (κ3) is 6.34. The van der Waals surface area contributed by atoms with Crippen molar-refractivity contribution >= 4 is 5.78 Å². The molecule has 0 saturated heterocycles. The summed E-state index contributed by atoms with van der Waals surface area (Å²) in [4.78, 5) is 10.1. The first kappa shape index (κ1) is 7.34. The van der Waals surface area contributed by atoms with Gasteiger partial charge in [-0.15, -0.1) is 0 Å². The molecule has 0 N–H and O–H groups in total. The predicted octanol–water partition coefficient (Wildman–Crippen LogP) is 0.444. The molecule has 0 aromatic rings. The monoisotopic (exact) mass is 135 g/mol. The van der Waals surface area contributed by atoms with Crippen molar-refractivity contribution in [1.29, 1.82) is 0 Å². The second-order valence-electron chi connectivity index (χ2n) is 1.30. The Kier molecular flexibility index (Phi) is 4.72. The van der Waals surface area contributed by atoms with Gasteiger partial charge in [0.1, 0.15) is 0 Å². The summed E-state index contributed by atoms with van der Waals surface area (Å²) >= 11 is 1.59. The van der Waals surface area contributed by atoms with Gasteiger partial charge in [0.25, 0.3) is 0 Å². The van der Waals surface area contributed by atoms with Crippen LogP contribution in [0, 0.1) is 0 Å². The van der Waals surface area contributed by atoms with Gasteiger partial charge in [-0.3, -0.25) is 0 Å². The fraction of sp³-hybridized carbons (Fsp3) is 0.750. The van der Waals surface area contributed by atoms with Gasteiger partial charge in [0, 0.05) is 0 Å². The zero-order valence-corrected chi connectivity index (χ0v) is 5.79. The summed E-state index contributed by atoms with van der Waals surface area (Å²) in [5.41, 5.74) is 0. The molecular weight excluding hydrogens is 128 g/mol. The van der Waals surface area contributed by atoms with Crippen LogP contribution >= 0.6 is 0 Å². The van der Waals surface area contributed by atoms with E-state index < -0.39 is 0 Å². The maximum absolute atomic E-state index is 10.1. The van der Waals surface area contributed by atoms with Crippen LogP contribution in [-0.2, 0) is 28.9 Å². The molecule has 0 saturated carbocycles. The van der Waals surface area contributed by atoms with Crippen molar-refractivity contribution < 1.29 is 28.9 Å². The average molecular weight is 135 g/mol. The Hall–Kier alpha value is 0.344. The van der Waals surface area contributed by atoms with Crippen molar-refractivity contribution in [2.75, 3.05) is 6.61 Å². The van der Waals surface area contributed by atoms with E-state index in [4.69, 9.17) is 0 Å². The molecule has 0 amide bonds. The van der Waals surface area contributed by atoms with Crippen LogP contribution in [0.3, 0.4) is 0 Å². The Morgan fingerprint density at radius 3 is 2.57 bits per heavy atom. The molecule has 7 heavy (non-hydrogen) atoms. The van der Waals surface area contributed by atoms with Gasteiger partial charge < -0.3 is 0 Å². The summed E-state index contributed by atoms with van der Waals surface area (Å²) in [5, 5.41) is 0. The molecule has 0 unspecified atom stereocenters. The van der Waals surface area contributed by atoms with Crippen LogP contribution in [0.1, 0.15) is 13.3 Å². The van der Waals surface area contributed by atoms with Crippen molar-refractivity contribution in [3.63, 3.8) is 0 Å². The molecule has 0 spiro atoms. The van der Waals surface area contributed by atoms with Crippen molar-refractivity contribution in [2.24, 2.45) is 0 Å². The minimum atomic E-state index is 0.182. The molecule has 0 aromatic heterocycles. The van der Waals surface area contributed by atoms with E-state index in [0.717, 1.165) is 0 Å². The topological polar surface area (TPSA) is 26.3 Å². The van der Waals surface area contributed by atoms with Gasteiger partial charge in [0.15, 0.2) is 0 Å². The van der Waals surface area contributed by atoms with Crippen molar-refractivity contribution in [3.8, 4) is 0 Å². The molecule has 0 heterocycles. The van der Waals surface area contributed by atoms with Crippen LogP contribution < -0.4 is 0 Å². The number of rotatable bonds is 3. The van der Waals surface area contributed by atoms with Crippen LogP contribution in [0.15, 0.2) is 0 Å². The summed E-state index contributed by atoms with van der Waals surface area (Å²) < 4.78 is 4.63. The maximum atomic E-state index is 10.1. The minimum absolute atomic E-state index is 0.182. The quantitative estimate of drug-likeness (QED) is 0.525. The van der Waals surface area contributed by atoms with E-state index in [0.29, 0.717) is 13.0 Å². The first-order valence-corrected chi connectivity index (χ1v) is 2.69. The van der Waals surface area contributed by atoms with E-state index in [-0.39, 0.29) is 5.78 Å². The zero-order chi connectivity index (χ0) is 5.70. The first-order chi connectivity index (χ1) is 3.27. The third-order valence-electron chi connectivity index (χ3n) is 0.556. The number of carbonyl (C=O) groups excluding carboxylic acids is 1. The number of hydrogen-bond donors (Lipinski definition) is 0. The van der Waals surface area contributed by atoms with E-state index in [2.05, 4.69) is 3.32 Å². The number of carbonyl (C=O) groups is 1. The van der Waals surface area contributed by atoms with E-state index in [1.165, 1.54) is 0 Å². The second-order valence-corrected chi connectivity index (χ2v) is 1.75. The predicted molar refractivity (Wildman–Crippen MR) is 21.2 cm³/mol. The molecule has 0 rings (SSSR count). The first-order valence-electron chi connectivity index (χ1n) is 2.05. The Morgan fingerprint density at radius 2 is 2.43 bits per heavy atom. The Bertz CT molecular complexity index is 62.7. The van der Waals surface area contributed by atoms with E-state index >= 15 is 0 Å². The molecule has 0 aromatic carbocycles. The molecular formula is C4H7O2Ti. The number of ketones is 1. The Balaban J connectivity index is 2.82. The van der Waals surface area contributed by atoms with Gasteiger partial charge in [-0.05, 0) is 0 Å². The summed E-state index contributed by atoms with van der Waals surface area (Å²) in [7, 11) is 0. The Labute approximate surface area is 55.1 Å². The average Bonchev–Trinajstić information content (AvgIpc) is 1.61. The molecule has 0 aliphatic carbocycles. The summed E-state index contributed by atoms with van der Waals surface area (Å²) in [6.45, 7) is 2.11. The molecule has 2 nitrogen and oxygen atoms in total. The normalized spacial score (nSPS) is 8.57. The van der Waals surface area contributed by atoms with Crippen molar-refractivity contribution in [3.05, 3.63) is 0 Å². The molecule has 0 aliphatic rings. The van der Waals surface area contributed by atoms with E-state index in [1.807, 2.05) is 0 Å². The van der Waals surface area contributed by atoms with Crippen LogP contribution in [0.4, 0.5) is 0 Å². The van der Waals surface area contributed by atoms with Gasteiger partial charge in [0.05, 0.1) is 0 Å². The number of Topliss-reactive ketones (excluding diaryl/α,β-unsaturated/α-hetero) is 1. The molecule has 39 valence electrons.